The van der Waals surface area contributed by atoms with Crippen LogP contribution in [0, 0.1) is 6.92 Å². The molecule has 31 heavy (non-hydrogen) atoms. The van der Waals surface area contributed by atoms with Gasteiger partial charge in [-0.3, -0.25) is 4.79 Å². The number of rotatable bonds is 7. The molecule has 0 bridgehead atoms. The lowest BCUT2D eigenvalue weighted by Crippen LogP contribution is -2.17. The minimum absolute atomic E-state index is 0.0130. The Balaban J connectivity index is 1.65. The molecule has 0 atom stereocenters. The Morgan fingerprint density at radius 1 is 1.03 bits per heavy atom. The Morgan fingerprint density at radius 2 is 1.77 bits per heavy atom. The molecule has 2 heterocycles. The lowest BCUT2D eigenvalue weighted by atomic mass is 10.2. The number of para-hydroxylation sites is 1. The highest BCUT2D eigenvalue weighted by Gasteiger charge is 2.27. The number of thioether (sulfide) groups is 1. The number of nitrogens with one attached hydrogen (secondary N) is 1. The zero-order chi connectivity index (χ0) is 21.8. The van der Waals surface area contributed by atoms with Gasteiger partial charge in [0, 0.05) is 5.69 Å². The maximum atomic E-state index is 13.5. The highest BCUT2D eigenvalue weighted by Crippen LogP contribution is 2.31. The van der Waals surface area contributed by atoms with E-state index in [1.54, 1.807) is 42.5 Å². The second kappa shape index (κ2) is 9.04. The molecular formula is C21H18N4O3S3. The van der Waals surface area contributed by atoms with E-state index in [4.69, 9.17) is 0 Å². The fourth-order valence-electron chi connectivity index (χ4n) is 2.79. The fraction of sp³-hybridized carbons (Fsp3) is 0.0952. The number of benzene rings is 2. The van der Waals surface area contributed by atoms with Crippen LogP contribution in [0.2, 0.25) is 0 Å². The summed E-state index contributed by atoms with van der Waals surface area (Å²) in [5, 5.41) is 13.0. The molecule has 2 aromatic heterocycles. The summed E-state index contributed by atoms with van der Waals surface area (Å²) in [5.74, 6) is -0.0568. The maximum absolute atomic E-state index is 13.5. The molecule has 0 spiro atoms. The minimum atomic E-state index is -3.96. The van der Waals surface area contributed by atoms with Crippen LogP contribution in [0.5, 0.6) is 0 Å². The van der Waals surface area contributed by atoms with Crippen molar-refractivity contribution in [2.75, 3.05) is 11.1 Å². The van der Waals surface area contributed by atoms with E-state index in [1.165, 1.54) is 11.3 Å². The molecule has 1 N–H and O–H groups in total. The summed E-state index contributed by atoms with van der Waals surface area (Å²) in [6.07, 6.45) is 0. The number of carbonyl (C=O) groups is 1. The van der Waals surface area contributed by atoms with Gasteiger partial charge in [-0.1, -0.05) is 53.7 Å². The number of aryl methyl sites for hydroxylation is 1. The van der Waals surface area contributed by atoms with Crippen LogP contribution in [0.1, 0.15) is 5.56 Å². The molecule has 4 rings (SSSR count). The van der Waals surface area contributed by atoms with Gasteiger partial charge in [0.15, 0.2) is 5.82 Å². The summed E-state index contributed by atoms with van der Waals surface area (Å²) in [7, 11) is -3.96. The van der Waals surface area contributed by atoms with Gasteiger partial charge in [-0.25, -0.2) is 8.42 Å². The Kier molecular flexibility index (Phi) is 6.21. The summed E-state index contributed by atoms with van der Waals surface area (Å²) in [4.78, 5) is 13.2. The average Bonchev–Trinajstić information content (AvgIpc) is 3.43. The number of nitrogens with zero attached hydrogens (tertiary/aromatic N) is 3. The molecule has 1 amide bonds. The molecule has 2 aromatic carbocycles. The van der Waals surface area contributed by atoms with Crippen LogP contribution in [0.3, 0.4) is 0 Å². The Hall–Kier alpha value is -2.95. The van der Waals surface area contributed by atoms with Gasteiger partial charge in [0.05, 0.1) is 15.5 Å². The molecule has 0 unspecified atom stereocenters. The van der Waals surface area contributed by atoms with E-state index in [9.17, 15) is 13.2 Å². The number of hydrogen-bond donors (Lipinski definition) is 1. The Bertz CT molecular complexity index is 1280. The van der Waals surface area contributed by atoms with Crippen LogP contribution in [0.25, 0.3) is 10.7 Å². The predicted molar refractivity (Wildman–Crippen MR) is 123 cm³/mol. The van der Waals surface area contributed by atoms with Crippen LogP contribution in [0.4, 0.5) is 5.69 Å². The van der Waals surface area contributed by atoms with E-state index in [0.717, 1.165) is 21.3 Å². The quantitative estimate of drug-likeness (QED) is 0.405. The standard InChI is InChI=1S/C21H18N4O3S3/c1-15-9-11-17(12-10-15)31(27,28)25-20(18-8-5-13-29-18)23-24-21(25)30-14-19(26)22-16-6-3-2-4-7-16/h2-13H,14H2,1H3,(H,22,26). The van der Waals surface area contributed by atoms with Crippen molar-refractivity contribution in [2.45, 2.75) is 17.0 Å². The first kappa shape index (κ1) is 21.3. The number of hydrogen-bond acceptors (Lipinski definition) is 7. The van der Waals surface area contributed by atoms with Gasteiger partial charge in [-0.2, -0.15) is 3.97 Å². The molecule has 10 heteroatoms. The summed E-state index contributed by atoms with van der Waals surface area (Å²) >= 11 is 2.39. The van der Waals surface area contributed by atoms with Crippen molar-refractivity contribution in [2.24, 2.45) is 0 Å². The van der Waals surface area contributed by atoms with Crippen LogP contribution in [-0.4, -0.2) is 34.2 Å². The predicted octanol–water partition coefficient (Wildman–Crippen LogP) is 4.28. The highest BCUT2D eigenvalue weighted by atomic mass is 32.2. The van der Waals surface area contributed by atoms with Crippen molar-refractivity contribution < 1.29 is 13.2 Å². The van der Waals surface area contributed by atoms with Crippen molar-refractivity contribution in [1.29, 1.82) is 0 Å². The van der Waals surface area contributed by atoms with Crippen molar-refractivity contribution in [1.82, 2.24) is 14.2 Å². The van der Waals surface area contributed by atoms with Gasteiger partial charge in [-0.15, -0.1) is 21.5 Å². The third kappa shape index (κ3) is 4.71. The zero-order valence-electron chi connectivity index (χ0n) is 16.4. The molecule has 0 aliphatic heterocycles. The monoisotopic (exact) mass is 470 g/mol. The van der Waals surface area contributed by atoms with E-state index < -0.39 is 10.0 Å². The van der Waals surface area contributed by atoms with Crippen molar-refractivity contribution in [3.63, 3.8) is 0 Å². The Labute approximate surface area is 188 Å². The number of thiophene rings is 1. The third-order valence-electron chi connectivity index (χ3n) is 4.29. The Morgan fingerprint density at radius 3 is 2.45 bits per heavy atom. The van der Waals surface area contributed by atoms with E-state index in [1.807, 2.05) is 36.6 Å². The first-order valence-electron chi connectivity index (χ1n) is 9.24. The second-order valence-corrected chi connectivity index (χ2v) is 10.2. The summed E-state index contributed by atoms with van der Waals surface area (Å²) in [5.41, 5.74) is 1.62. The lowest BCUT2D eigenvalue weighted by molar-refractivity contribution is -0.113. The number of aromatic nitrogens is 3. The SMILES string of the molecule is Cc1ccc(S(=O)(=O)n2c(SCC(=O)Nc3ccccc3)nnc2-c2cccs2)cc1. The normalized spacial score (nSPS) is 11.4. The summed E-state index contributed by atoms with van der Waals surface area (Å²) in [6.45, 7) is 1.89. The molecule has 4 aromatic rings. The molecule has 0 saturated heterocycles. The molecular weight excluding hydrogens is 452 g/mol. The van der Waals surface area contributed by atoms with Crippen molar-refractivity contribution in [3.8, 4) is 10.7 Å². The minimum Gasteiger partial charge on any atom is -0.325 e. The molecule has 0 fully saturated rings. The summed E-state index contributed by atoms with van der Waals surface area (Å²) in [6, 6.07) is 19.2. The first-order chi connectivity index (χ1) is 14.9. The maximum Gasteiger partial charge on any atom is 0.271 e. The fourth-order valence-corrected chi connectivity index (χ4v) is 5.92. The van der Waals surface area contributed by atoms with E-state index in [0.29, 0.717) is 10.6 Å². The van der Waals surface area contributed by atoms with E-state index in [2.05, 4.69) is 15.5 Å². The van der Waals surface area contributed by atoms with Gasteiger partial charge in [-0.05, 0) is 42.6 Å². The number of amides is 1. The lowest BCUT2D eigenvalue weighted by Gasteiger charge is -2.11. The van der Waals surface area contributed by atoms with E-state index >= 15 is 0 Å². The van der Waals surface area contributed by atoms with Crippen molar-refractivity contribution in [3.05, 3.63) is 77.7 Å². The van der Waals surface area contributed by atoms with Gasteiger partial charge >= 0.3 is 0 Å². The third-order valence-corrected chi connectivity index (χ3v) is 7.89. The molecule has 0 aliphatic rings. The topological polar surface area (TPSA) is 94.0 Å². The van der Waals surface area contributed by atoms with Crippen LogP contribution in [-0.2, 0) is 14.8 Å². The highest BCUT2D eigenvalue weighted by molar-refractivity contribution is 8.00. The molecule has 0 radical (unpaired) electrons. The molecule has 0 aliphatic carbocycles. The van der Waals surface area contributed by atoms with Crippen LogP contribution >= 0.6 is 23.1 Å². The number of carbonyl (C=O) groups excluding carboxylic acids is 1. The largest absolute Gasteiger partial charge is 0.325 e. The van der Waals surface area contributed by atoms with Gasteiger partial charge in [0.1, 0.15) is 0 Å². The van der Waals surface area contributed by atoms with E-state index in [-0.39, 0.29) is 27.5 Å². The van der Waals surface area contributed by atoms with Crippen LogP contribution < -0.4 is 5.32 Å². The van der Waals surface area contributed by atoms with Crippen molar-refractivity contribution >= 4 is 44.7 Å². The smallest absolute Gasteiger partial charge is 0.271 e. The molecule has 7 nitrogen and oxygen atoms in total. The molecule has 0 saturated carbocycles. The summed E-state index contributed by atoms with van der Waals surface area (Å²) < 4.78 is 28.0. The first-order valence-corrected chi connectivity index (χ1v) is 12.5. The second-order valence-electron chi connectivity index (χ2n) is 6.57. The number of anilines is 1. The van der Waals surface area contributed by atoms with Crippen LogP contribution in [0.15, 0.2) is 82.2 Å². The molecule has 158 valence electrons. The van der Waals surface area contributed by atoms with Gasteiger partial charge < -0.3 is 5.32 Å². The van der Waals surface area contributed by atoms with Gasteiger partial charge in [0.25, 0.3) is 10.0 Å². The average molecular weight is 471 g/mol. The zero-order valence-corrected chi connectivity index (χ0v) is 18.9. The van der Waals surface area contributed by atoms with Gasteiger partial charge in [0.2, 0.25) is 11.1 Å².